The molecule has 0 aromatic heterocycles. The van der Waals surface area contributed by atoms with Crippen LogP contribution < -0.4 is 11.1 Å². The first kappa shape index (κ1) is 6.43. The fourth-order valence-corrected chi connectivity index (χ4v) is 0.184. The van der Waals surface area contributed by atoms with Crippen molar-refractivity contribution in [1.29, 1.82) is 0 Å². The molecule has 0 unspecified atom stereocenters. The minimum atomic E-state index is 0.109. The fraction of sp³-hybridized carbons (Fsp3) is 0.750. The van der Waals surface area contributed by atoms with Gasteiger partial charge in [0.05, 0.1) is 0 Å². The Kier molecular flexibility index (Phi) is 3.32. The summed E-state index contributed by atoms with van der Waals surface area (Å²) >= 11 is 0. The molecule has 1 atom stereocenters. The van der Waals surface area contributed by atoms with Crippen molar-refractivity contribution in [3.05, 3.63) is 0 Å². The Bertz CT molecular complexity index is 55.7. The predicted octanol–water partition coefficient (Wildman–Crippen LogP) is -0.920. The summed E-state index contributed by atoms with van der Waals surface area (Å²) < 4.78 is 0. The Morgan fingerprint density at radius 3 is 2.71 bits per heavy atom. The van der Waals surface area contributed by atoms with E-state index >= 15 is 0 Å². The zero-order valence-corrected chi connectivity index (χ0v) is 4.35. The zero-order chi connectivity index (χ0) is 5.70. The number of nitrogens with two attached hydrogens (primary N) is 1. The van der Waals surface area contributed by atoms with Crippen molar-refractivity contribution in [3.63, 3.8) is 0 Å². The highest BCUT2D eigenvalue weighted by atomic mass is 16.1. The fourth-order valence-electron chi connectivity index (χ4n) is 0.184. The van der Waals surface area contributed by atoms with Crippen LogP contribution in [0.15, 0.2) is 0 Å². The molecule has 0 fully saturated rings. The molecule has 0 bridgehead atoms. The van der Waals surface area contributed by atoms with Gasteiger partial charge in [-0.2, -0.15) is 0 Å². The van der Waals surface area contributed by atoms with Crippen molar-refractivity contribution in [3.8, 4) is 0 Å². The van der Waals surface area contributed by atoms with Crippen LogP contribution in [0.25, 0.3) is 0 Å². The molecule has 0 saturated carbocycles. The molecule has 0 radical (unpaired) electrons. The quantitative estimate of drug-likeness (QED) is 0.453. The zero-order valence-electron chi connectivity index (χ0n) is 4.35. The first-order chi connectivity index (χ1) is 3.31. The van der Waals surface area contributed by atoms with E-state index in [2.05, 4.69) is 5.32 Å². The van der Waals surface area contributed by atoms with Gasteiger partial charge in [0.1, 0.15) is 0 Å². The van der Waals surface area contributed by atoms with Crippen LogP contribution in [-0.2, 0) is 4.79 Å². The van der Waals surface area contributed by atoms with E-state index in [0.717, 1.165) is 0 Å². The highest BCUT2D eigenvalue weighted by Crippen LogP contribution is 1.68. The molecule has 0 saturated heterocycles. The van der Waals surface area contributed by atoms with E-state index < -0.39 is 0 Å². The first-order valence-corrected chi connectivity index (χ1v) is 2.21. The van der Waals surface area contributed by atoms with Crippen LogP contribution in [0.4, 0.5) is 0 Å². The van der Waals surface area contributed by atoms with Crippen LogP contribution in [0.1, 0.15) is 6.92 Å². The average Bonchev–Trinajstić information content (AvgIpc) is 1.68. The molecule has 0 heterocycles. The Morgan fingerprint density at radius 1 is 2.00 bits per heavy atom. The normalized spacial score (nSPS) is 12.9. The van der Waals surface area contributed by atoms with Crippen LogP contribution in [0.2, 0.25) is 0 Å². The Morgan fingerprint density at radius 2 is 2.57 bits per heavy atom. The van der Waals surface area contributed by atoms with Gasteiger partial charge < -0.3 is 11.1 Å². The van der Waals surface area contributed by atoms with Crippen molar-refractivity contribution in [2.75, 3.05) is 6.54 Å². The van der Waals surface area contributed by atoms with Gasteiger partial charge in [0.25, 0.3) is 0 Å². The molecule has 7 heavy (non-hydrogen) atoms. The minimum Gasteiger partial charge on any atom is -0.355 e. The van der Waals surface area contributed by atoms with E-state index in [-0.39, 0.29) is 6.04 Å². The lowest BCUT2D eigenvalue weighted by Crippen LogP contribution is -2.31. The van der Waals surface area contributed by atoms with Crippen molar-refractivity contribution in [2.45, 2.75) is 13.0 Å². The monoisotopic (exact) mass is 102 g/mol. The molecule has 0 aliphatic heterocycles. The third kappa shape index (κ3) is 3.26. The minimum absolute atomic E-state index is 0.109. The number of carbonyl (C=O) groups excluding carboxylic acids is 1. The number of hydrogen-bond donors (Lipinski definition) is 2. The largest absolute Gasteiger partial charge is 0.355 e. The van der Waals surface area contributed by atoms with Crippen LogP contribution in [0.5, 0.6) is 0 Å². The summed E-state index contributed by atoms with van der Waals surface area (Å²) in [5, 5.41) is 2.49. The van der Waals surface area contributed by atoms with E-state index in [1.165, 1.54) is 0 Å². The molecule has 3 nitrogen and oxygen atoms in total. The maximum Gasteiger partial charge on any atom is 0.207 e. The SMILES string of the molecule is C[C@@H](CN)NC=O. The number of nitrogens with one attached hydrogen (secondary N) is 1. The van der Waals surface area contributed by atoms with Crippen LogP contribution in [-0.4, -0.2) is 19.0 Å². The average molecular weight is 102 g/mol. The van der Waals surface area contributed by atoms with E-state index in [1.54, 1.807) is 0 Å². The lowest BCUT2D eigenvalue weighted by Gasteiger charge is -2.02. The standard InChI is InChI=1S/C4H10N2O/c1-4(2-5)6-3-7/h3-4H,2,5H2,1H3,(H,6,7)/t4-/m0/s1. The maximum atomic E-state index is 9.61. The molecular weight excluding hydrogens is 92.1 g/mol. The molecule has 3 N–H and O–H groups in total. The molecule has 1 amide bonds. The second kappa shape index (κ2) is 3.61. The van der Waals surface area contributed by atoms with Crippen molar-refractivity contribution >= 4 is 6.41 Å². The Balaban J connectivity index is 2.98. The van der Waals surface area contributed by atoms with E-state index in [4.69, 9.17) is 5.73 Å². The smallest absolute Gasteiger partial charge is 0.207 e. The van der Waals surface area contributed by atoms with Gasteiger partial charge in [0.15, 0.2) is 0 Å². The predicted molar refractivity (Wildman–Crippen MR) is 27.7 cm³/mol. The number of rotatable bonds is 3. The lowest BCUT2D eigenvalue weighted by atomic mass is 10.4. The summed E-state index contributed by atoms with van der Waals surface area (Å²) in [5.41, 5.74) is 5.14. The van der Waals surface area contributed by atoms with Gasteiger partial charge in [-0.05, 0) is 6.92 Å². The first-order valence-electron chi connectivity index (χ1n) is 2.21. The molecule has 3 heteroatoms. The van der Waals surface area contributed by atoms with Crippen LogP contribution in [0.3, 0.4) is 0 Å². The Labute approximate surface area is 42.9 Å². The van der Waals surface area contributed by atoms with E-state index in [1.807, 2.05) is 6.92 Å². The van der Waals surface area contributed by atoms with Crippen molar-refractivity contribution in [2.24, 2.45) is 5.73 Å². The van der Waals surface area contributed by atoms with E-state index in [0.29, 0.717) is 13.0 Å². The third-order valence-electron chi connectivity index (χ3n) is 0.706. The van der Waals surface area contributed by atoms with Gasteiger partial charge in [-0.1, -0.05) is 0 Å². The Hall–Kier alpha value is -0.570. The van der Waals surface area contributed by atoms with Crippen molar-refractivity contribution in [1.82, 2.24) is 5.32 Å². The summed E-state index contributed by atoms with van der Waals surface area (Å²) in [6.45, 7) is 2.34. The molecule has 42 valence electrons. The number of carbonyl (C=O) groups is 1. The molecule has 0 aromatic rings. The van der Waals surface area contributed by atoms with Gasteiger partial charge >= 0.3 is 0 Å². The lowest BCUT2D eigenvalue weighted by molar-refractivity contribution is -0.110. The molecule has 0 aliphatic carbocycles. The molecular formula is C4H10N2O. The van der Waals surface area contributed by atoms with Gasteiger partial charge in [-0.3, -0.25) is 4.79 Å². The maximum absolute atomic E-state index is 9.61. The number of hydrogen-bond acceptors (Lipinski definition) is 2. The summed E-state index contributed by atoms with van der Waals surface area (Å²) in [6, 6.07) is 0.109. The summed E-state index contributed by atoms with van der Waals surface area (Å²) in [6.07, 6.45) is 0.650. The number of amides is 1. The summed E-state index contributed by atoms with van der Waals surface area (Å²) in [5.74, 6) is 0. The van der Waals surface area contributed by atoms with Gasteiger partial charge in [0, 0.05) is 12.6 Å². The van der Waals surface area contributed by atoms with E-state index in [9.17, 15) is 4.79 Å². The highest BCUT2D eigenvalue weighted by molar-refractivity contribution is 5.46. The van der Waals surface area contributed by atoms with Gasteiger partial charge in [-0.25, -0.2) is 0 Å². The summed E-state index contributed by atoms with van der Waals surface area (Å²) in [4.78, 5) is 9.61. The van der Waals surface area contributed by atoms with Crippen molar-refractivity contribution < 1.29 is 4.79 Å². The molecule has 0 spiro atoms. The second-order valence-corrected chi connectivity index (χ2v) is 1.42. The van der Waals surface area contributed by atoms with Gasteiger partial charge in [0.2, 0.25) is 6.41 Å². The third-order valence-corrected chi connectivity index (χ3v) is 0.706. The van der Waals surface area contributed by atoms with Gasteiger partial charge in [-0.15, -0.1) is 0 Å². The topological polar surface area (TPSA) is 55.1 Å². The summed E-state index contributed by atoms with van der Waals surface area (Å²) in [7, 11) is 0. The second-order valence-electron chi connectivity index (χ2n) is 1.42. The highest BCUT2D eigenvalue weighted by Gasteiger charge is 1.90. The molecule has 0 rings (SSSR count). The molecule has 0 aromatic carbocycles. The van der Waals surface area contributed by atoms with Crippen LogP contribution in [0, 0.1) is 0 Å². The van der Waals surface area contributed by atoms with Crippen LogP contribution >= 0.6 is 0 Å². The molecule has 0 aliphatic rings.